The molecule has 0 heterocycles. The lowest BCUT2D eigenvalue weighted by Crippen LogP contribution is -2.29. The lowest BCUT2D eigenvalue weighted by atomic mass is 10.2. The maximum absolute atomic E-state index is 11.0. The van der Waals surface area contributed by atoms with Crippen LogP contribution in [0.25, 0.3) is 0 Å². The van der Waals surface area contributed by atoms with Gasteiger partial charge in [0.15, 0.2) is 0 Å². The van der Waals surface area contributed by atoms with Crippen LogP contribution < -0.4 is 10.1 Å². The predicted octanol–water partition coefficient (Wildman–Crippen LogP) is 1.09. The van der Waals surface area contributed by atoms with Crippen molar-refractivity contribution in [2.24, 2.45) is 0 Å². The van der Waals surface area contributed by atoms with Crippen molar-refractivity contribution >= 4 is 6.09 Å². The Morgan fingerprint density at radius 3 is 2.94 bits per heavy atom. The summed E-state index contributed by atoms with van der Waals surface area (Å²) in [6.07, 6.45) is -0.549. The van der Waals surface area contributed by atoms with Gasteiger partial charge in [0.25, 0.3) is 0 Å². The summed E-state index contributed by atoms with van der Waals surface area (Å²) in [6, 6.07) is 7.67. The zero-order valence-electron chi connectivity index (χ0n) is 9.81. The lowest BCUT2D eigenvalue weighted by molar-refractivity contribution is 0.118. The highest BCUT2D eigenvalue weighted by Gasteiger charge is 2.00. The molecule has 5 nitrogen and oxygen atoms in total. The molecule has 1 amide bonds. The van der Waals surface area contributed by atoms with Crippen molar-refractivity contribution in [3.05, 3.63) is 29.8 Å². The van der Waals surface area contributed by atoms with Gasteiger partial charge in [-0.05, 0) is 24.6 Å². The van der Waals surface area contributed by atoms with E-state index in [1.54, 1.807) is 0 Å². The summed E-state index contributed by atoms with van der Waals surface area (Å²) in [5.41, 5.74) is 1.12. The molecule has 17 heavy (non-hydrogen) atoms. The first-order chi connectivity index (χ1) is 8.22. The molecule has 0 unspecified atom stereocenters. The summed E-state index contributed by atoms with van der Waals surface area (Å²) in [7, 11) is 0. The predicted molar refractivity (Wildman–Crippen MR) is 63.1 cm³/mol. The molecule has 5 heteroatoms. The Bertz CT molecular complexity index is 354. The minimum atomic E-state index is -0.549. The van der Waals surface area contributed by atoms with Crippen molar-refractivity contribution < 1.29 is 19.4 Å². The topological polar surface area (TPSA) is 67.8 Å². The number of alkyl carbamates (subject to hydrolysis) is 1. The summed E-state index contributed by atoms with van der Waals surface area (Å²) in [4.78, 5) is 11.0. The van der Waals surface area contributed by atoms with Crippen molar-refractivity contribution in [3.63, 3.8) is 0 Å². The van der Waals surface area contributed by atoms with E-state index >= 15 is 0 Å². The fourth-order valence-electron chi connectivity index (χ4n) is 1.22. The quantitative estimate of drug-likeness (QED) is 0.729. The molecule has 0 bridgehead atoms. The third kappa shape index (κ3) is 5.77. The van der Waals surface area contributed by atoms with Gasteiger partial charge < -0.3 is 19.9 Å². The number of aliphatic hydroxyl groups is 1. The van der Waals surface area contributed by atoms with Gasteiger partial charge in [0.1, 0.15) is 19.0 Å². The highest BCUT2D eigenvalue weighted by Crippen LogP contribution is 2.11. The van der Waals surface area contributed by atoms with Crippen LogP contribution in [0.1, 0.15) is 5.56 Å². The third-order valence-electron chi connectivity index (χ3n) is 1.95. The number of carbonyl (C=O) groups excluding carboxylic acids is 1. The van der Waals surface area contributed by atoms with Crippen molar-refractivity contribution in [1.29, 1.82) is 0 Å². The summed E-state index contributed by atoms with van der Waals surface area (Å²) >= 11 is 0. The van der Waals surface area contributed by atoms with E-state index in [1.807, 2.05) is 31.2 Å². The number of aliphatic hydroxyl groups excluding tert-OH is 1. The maximum Gasteiger partial charge on any atom is 0.407 e. The molecule has 0 aliphatic rings. The van der Waals surface area contributed by atoms with Crippen LogP contribution in [0.4, 0.5) is 4.79 Å². The molecule has 0 atom stereocenters. The fraction of sp³-hybridized carbons (Fsp3) is 0.417. The fourth-order valence-corrected chi connectivity index (χ4v) is 1.22. The van der Waals surface area contributed by atoms with Gasteiger partial charge in [-0.15, -0.1) is 0 Å². The molecular weight excluding hydrogens is 222 g/mol. The Labute approximate surface area is 100 Å². The maximum atomic E-state index is 11.0. The highest BCUT2D eigenvalue weighted by molar-refractivity contribution is 5.67. The van der Waals surface area contributed by atoms with Crippen molar-refractivity contribution in [2.45, 2.75) is 6.92 Å². The van der Waals surface area contributed by atoms with Crippen LogP contribution in [0.2, 0.25) is 0 Å². The summed E-state index contributed by atoms with van der Waals surface area (Å²) in [5.74, 6) is 0.774. The second-order valence-electron chi connectivity index (χ2n) is 3.45. The normalized spacial score (nSPS) is 9.76. The zero-order chi connectivity index (χ0) is 12.5. The molecule has 1 aromatic rings. The number of nitrogens with one attached hydrogen (secondary N) is 1. The molecule has 0 aliphatic carbocycles. The minimum Gasteiger partial charge on any atom is -0.492 e. The van der Waals surface area contributed by atoms with Gasteiger partial charge in [-0.25, -0.2) is 4.79 Å². The van der Waals surface area contributed by atoms with E-state index in [-0.39, 0.29) is 13.2 Å². The van der Waals surface area contributed by atoms with E-state index in [0.717, 1.165) is 11.3 Å². The number of hydrogen-bond acceptors (Lipinski definition) is 4. The third-order valence-corrected chi connectivity index (χ3v) is 1.95. The van der Waals surface area contributed by atoms with Gasteiger partial charge in [-0.2, -0.15) is 0 Å². The summed E-state index contributed by atoms with van der Waals surface area (Å²) in [6.45, 7) is 2.55. The van der Waals surface area contributed by atoms with E-state index < -0.39 is 6.09 Å². The van der Waals surface area contributed by atoms with Gasteiger partial charge >= 0.3 is 6.09 Å². The largest absolute Gasteiger partial charge is 0.492 e. The molecule has 0 aromatic heterocycles. The summed E-state index contributed by atoms with van der Waals surface area (Å²) in [5, 5.41) is 10.9. The van der Waals surface area contributed by atoms with Crippen LogP contribution in [-0.2, 0) is 4.74 Å². The minimum absolute atomic E-state index is 0.00453. The number of hydrogen-bond donors (Lipinski definition) is 2. The standard InChI is InChI=1S/C12H17NO4/c1-10-3-2-4-11(9-10)16-7-5-13-12(15)17-8-6-14/h2-4,9,14H,5-8H2,1H3,(H,13,15). The van der Waals surface area contributed by atoms with Gasteiger partial charge in [0.2, 0.25) is 0 Å². The average molecular weight is 239 g/mol. The van der Waals surface area contributed by atoms with Crippen LogP contribution in [0.3, 0.4) is 0 Å². The monoisotopic (exact) mass is 239 g/mol. The van der Waals surface area contributed by atoms with Crippen LogP contribution >= 0.6 is 0 Å². The molecule has 0 saturated heterocycles. The summed E-state index contributed by atoms with van der Waals surface area (Å²) < 4.78 is 10.0. The zero-order valence-corrected chi connectivity index (χ0v) is 9.81. The van der Waals surface area contributed by atoms with Gasteiger partial charge in [-0.3, -0.25) is 0 Å². The second-order valence-corrected chi connectivity index (χ2v) is 3.45. The molecule has 2 N–H and O–H groups in total. The number of amides is 1. The SMILES string of the molecule is Cc1cccc(OCCNC(=O)OCCO)c1. The lowest BCUT2D eigenvalue weighted by Gasteiger charge is -2.08. The molecule has 0 fully saturated rings. The molecule has 0 radical (unpaired) electrons. The Morgan fingerprint density at radius 2 is 2.24 bits per heavy atom. The first kappa shape index (κ1) is 13.3. The Morgan fingerprint density at radius 1 is 1.41 bits per heavy atom. The van der Waals surface area contributed by atoms with Crippen molar-refractivity contribution in [1.82, 2.24) is 5.32 Å². The average Bonchev–Trinajstić information content (AvgIpc) is 2.32. The molecule has 0 aliphatic heterocycles. The van der Waals surface area contributed by atoms with E-state index in [9.17, 15) is 4.79 Å². The molecule has 0 saturated carbocycles. The molecule has 1 aromatic carbocycles. The van der Waals surface area contributed by atoms with E-state index in [4.69, 9.17) is 9.84 Å². The Hall–Kier alpha value is -1.75. The number of benzene rings is 1. The smallest absolute Gasteiger partial charge is 0.407 e. The highest BCUT2D eigenvalue weighted by atomic mass is 16.6. The van der Waals surface area contributed by atoms with Crippen molar-refractivity contribution in [2.75, 3.05) is 26.4 Å². The van der Waals surface area contributed by atoms with E-state index in [2.05, 4.69) is 10.1 Å². The first-order valence-electron chi connectivity index (χ1n) is 5.43. The van der Waals surface area contributed by atoms with Gasteiger partial charge in [0, 0.05) is 0 Å². The Balaban J connectivity index is 2.14. The van der Waals surface area contributed by atoms with Crippen LogP contribution in [0.5, 0.6) is 5.75 Å². The van der Waals surface area contributed by atoms with Crippen LogP contribution in [0.15, 0.2) is 24.3 Å². The number of rotatable bonds is 6. The van der Waals surface area contributed by atoms with Gasteiger partial charge in [-0.1, -0.05) is 12.1 Å². The van der Waals surface area contributed by atoms with Crippen LogP contribution in [-0.4, -0.2) is 37.6 Å². The Kier molecular flexibility index (Phi) is 5.88. The van der Waals surface area contributed by atoms with E-state index in [0.29, 0.717) is 13.2 Å². The number of ether oxygens (including phenoxy) is 2. The van der Waals surface area contributed by atoms with Crippen molar-refractivity contribution in [3.8, 4) is 5.75 Å². The first-order valence-corrected chi connectivity index (χ1v) is 5.43. The second kappa shape index (κ2) is 7.51. The molecule has 1 rings (SSSR count). The molecule has 94 valence electrons. The molecular formula is C12H17NO4. The van der Waals surface area contributed by atoms with E-state index in [1.165, 1.54) is 0 Å². The van der Waals surface area contributed by atoms with Crippen LogP contribution in [0, 0.1) is 6.92 Å². The number of carbonyl (C=O) groups is 1. The molecule has 0 spiro atoms. The van der Waals surface area contributed by atoms with Gasteiger partial charge in [0.05, 0.1) is 13.2 Å². The number of aryl methyl sites for hydroxylation is 1.